The first-order chi connectivity index (χ1) is 6.54. The molecule has 0 amide bonds. The molecule has 0 spiro atoms. The van der Waals surface area contributed by atoms with Crippen LogP contribution in [0.15, 0.2) is 24.3 Å². The second-order valence-corrected chi connectivity index (χ2v) is 5.16. The van der Waals surface area contributed by atoms with Gasteiger partial charge in [0.15, 0.2) is 0 Å². The third-order valence-corrected chi connectivity index (χ3v) is 2.60. The molecule has 0 saturated carbocycles. The Morgan fingerprint density at radius 3 is 2.79 bits per heavy atom. The summed E-state index contributed by atoms with van der Waals surface area (Å²) in [5.74, 6) is 0.931. The molecule has 0 N–H and O–H groups in total. The molecule has 0 aliphatic rings. The fourth-order valence-electron chi connectivity index (χ4n) is 1.30. The number of hydrogen-bond donors (Lipinski definition) is 0. The van der Waals surface area contributed by atoms with Gasteiger partial charge in [-0.1, -0.05) is 0 Å². The Morgan fingerprint density at radius 1 is 1.29 bits per heavy atom. The van der Waals surface area contributed by atoms with Crippen molar-refractivity contribution in [3.8, 4) is 5.75 Å². The zero-order valence-electron chi connectivity index (χ0n) is 8.63. The zero-order chi connectivity index (χ0) is 10.2. The fourth-order valence-corrected chi connectivity index (χ4v) is 2.03. The second-order valence-electron chi connectivity index (χ2n) is 4.28. The lowest BCUT2D eigenvalue weighted by Gasteiger charge is -2.21. The van der Waals surface area contributed by atoms with Crippen LogP contribution in [0.1, 0.15) is 20.8 Å². The molecule has 0 saturated heterocycles. The Hall–Kier alpha value is -1.02. The normalized spacial score (nSPS) is 11.9. The SMILES string of the molecule is CC(C)(C)Oc1ccc2c[c]sc2c1. The molecular weight excluding hydrogens is 192 g/mol. The predicted molar refractivity (Wildman–Crippen MR) is 61.0 cm³/mol. The minimum Gasteiger partial charge on any atom is -0.488 e. The average Bonchev–Trinajstić information content (AvgIpc) is 2.47. The van der Waals surface area contributed by atoms with Crippen LogP contribution < -0.4 is 4.74 Å². The van der Waals surface area contributed by atoms with Crippen molar-refractivity contribution in [2.45, 2.75) is 26.4 Å². The molecule has 2 aromatic rings. The lowest BCUT2D eigenvalue weighted by atomic mass is 10.2. The Labute approximate surface area is 88.3 Å². The minimum atomic E-state index is -0.130. The van der Waals surface area contributed by atoms with Gasteiger partial charge in [0.05, 0.1) is 0 Å². The molecule has 1 radical (unpaired) electrons. The Bertz CT molecular complexity index is 437. The number of ether oxygens (including phenoxy) is 1. The Morgan fingerprint density at radius 2 is 2.07 bits per heavy atom. The number of rotatable bonds is 1. The summed E-state index contributed by atoms with van der Waals surface area (Å²) in [5, 5.41) is 4.35. The van der Waals surface area contributed by atoms with Crippen LogP contribution in [0.2, 0.25) is 0 Å². The molecular formula is C12H13OS. The van der Waals surface area contributed by atoms with Crippen molar-refractivity contribution in [1.29, 1.82) is 0 Å². The molecule has 1 nitrogen and oxygen atoms in total. The van der Waals surface area contributed by atoms with Gasteiger partial charge in [-0.3, -0.25) is 0 Å². The predicted octanol–water partition coefficient (Wildman–Crippen LogP) is 3.88. The summed E-state index contributed by atoms with van der Waals surface area (Å²) in [6.07, 6.45) is 0. The molecule has 0 bridgehead atoms. The maximum atomic E-state index is 5.77. The van der Waals surface area contributed by atoms with Gasteiger partial charge in [-0.15, -0.1) is 11.3 Å². The minimum absolute atomic E-state index is 0.130. The average molecular weight is 205 g/mol. The van der Waals surface area contributed by atoms with Crippen LogP contribution in [-0.2, 0) is 0 Å². The van der Waals surface area contributed by atoms with Crippen molar-refractivity contribution in [3.05, 3.63) is 29.6 Å². The van der Waals surface area contributed by atoms with Gasteiger partial charge < -0.3 is 4.74 Å². The van der Waals surface area contributed by atoms with Gasteiger partial charge in [0.25, 0.3) is 0 Å². The molecule has 2 rings (SSSR count). The van der Waals surface area contributed by atoms with Crippen LogP contribution in [0.25, 0.3) is 10.1 Å². The van der Waals surface area contributed by atoms with E-state index in [4.69, 9.17) is 4.74 Å². The molecule has 1 heterocycles. The number of hydrogen-bond acceptors (Lipinski definition) is 2. The van der Waals surface area contributed by atoms with E-state index in [9.17, 15) is 0 Å². The first kappa shape index (κ1) is 9.53. The highest BCUT2D eigenvalue weighted by Gasteiger charge is 2.11. The summed E-state index contributed by atoms with van der Waals surface area (Å²) >= 11 is 1.62. The van der Waals surface area contributed by atoms with Crippen LogP contribution in [0, 0.1) is 5.38 Å². The number of thiophene rings is 1. The smallest absolute Gasteiger partial charge is 0.121 e. The molecule has 1 aromatic heterocycles. The van der Waals surface area contributed by atoms with E-state index in [-0.39, 0.29) is 5.60 Å². The van der Waals surface area contributed by atoms with E-state index in [1.807, 2.05) is 12.1 Å². The first-order valence-corrected chi connectivity index (χ1v) is 5.45. The summed E-state index contributed by atoms with van der Waals surface area (Å²) < 4.78 is 7.00. The topological polar surface area (TPSA) is 9.23 Å². The molecule has 1 aromatic carbocycles. The van der Waals surface area contributed by atoms with Crippen molar-refractivity contribution in [1.82, 2.24) is 0 Å². The fraction of sp³-hybridized carbons (Fsp3) is 0.333. The summed E-state index contributed by atoms with van der Waals surface area (Å²) in [7, 11) is 0. The molecule has 0 atom stereocenters. The summed E-state index contributed by atoms with van der Waals surface area (Å²) in [4.78, 5) is 0. The van der Waals surface area contributed by atoms with Gasteiger partial charge in [0.2, 0.25) is 0 Å². The van der Waals surface area contributed by atoms with E-state index in [2.05, 4.69) is 38.3 Å². The summed E-state index contributed by atoms with van der Waals surface area (Å²) in [6.45, 7) is 6.16. The third kappa shape index (κ3) is 2.07. The van der Waals surface area contributed by atoms with Crippen molar-refractivity contribution in [3.63, 3.8) is 0 Å². The monoisotopic (exact) mass is 205 g/mol. The summed E-state index contributed by atoms with van der Waals surface area (Å²) in [5.41, 5.74) is -0.130. The maximum absolute atomic E-state index is 5.77. The van der Waals surface area contributed by atoms with Crippen LogP contribution in [0.3, 0.4) is 0 Å². The highest BCUT2D eigenvalue weighted by molar-refractivity contribution is 7.16. The highest BCUT2D eigenvalue weighted by atomic mass is 32.1. The van der Waals surface area contributed by atoms with Gasteiger partial charge in [0, 0.05) is 10.1 Å². The quantitative estimate of drug-likeness (QED) is 0.686. The van der Waals surface area contributed by atoms with Crippen molar-refractivity contribution in [2.75, 3.05) is 0 Å². The van der Waals surface area contributed by atoms with Gasteiger partial charge in [-0.05, 0) is 50.4 Å². The number of benzene rings is 1. The summed E-state index contributed by atoms with van der Waals surface area (Å²) in [6, 6.07) is 8.15. The molecule has 0 aliphatic carbocycles. The van der Waals surface area contributed by atoms with E-state index in [1.165, 1.54) is 10.1 Å². The van der Waals surface area contributed by atoms with E-state index in [1.54, 1.807) is 11.3 Å². The molecule has 14 heavy (non-hydrogen) atoms. The first-order valence-electron chi connectivity index (χ1n) is 4.63. The van der Waals surface area contributed by atoms with Gasteiger partial charge in [0.1, 0.15) is 11.4 Å². The van der Waals surface area contributed by atoms with Crippen molar-refractivity contribution in [2.24, 2.45) is 0 Å². The highest BCUT2D eigenvalue weighted by Crippen LogP contribution is 2.27. The van der Waals surface area contributed by atoms with Crippen LogP contribution in [-0.4, -0.2) is 5.60 Å². The van der Waals surface area contributed by atoms with E-state index >= 15 is 0 Å². The van der Waals surface area contributed by atoms with Crippen LogP contribution in [0.4, 0.5) is 0 Å². The molecule has 2 heteroatoms. The van der Waals surface area contributed by atoms with E-state index in [0.29, 0.717) is 0 Å². The van der Waals surface area contributed by atoms with Gasteiger partial charge in [-0.2, -0.15) is 0 Å². The number of fused-ring (bicyclic) bond motifs is 1. The standard InChI is InChI=1S/C12H13OS/c1-12(2,3)13-10-5-4-9-6-7-14-11(9)8-10/h4-6,8H,1-3H3. The van der Waals surface area contributed by atoms with E-state index in [0.717, 1.165) is 5.75 Å². The van der Waals surface area contributed by atoms with Crippen LogP contribution >= 0.6 is 11.3 Å². The molecule has 73 valence electrons. The third-order valence-electron chi connectivity index (χ3n) is 1.79. The lowest BCUT2D eigenvalue weighted by molar-refractivity contribution is 0.131. The maximum Gasteiger partial charge on any atom is 0.121 e. The van der Waals surface area contributed by atoms with Gasteiger partial charge >= 0.3 is 0 Å². The molecule has 0 fully saturated rings. The Balaban J connectivity index is 2.35. The lowest BCUT2D eigenvalue weighted by Crippen LogP contribution is -2.22. The largest absolute Gasteiger partial charge is 0.488 e. The van der Waals surface area contributed by atoms with E-state index < -0.39 is 0 Å². The Kier molecular flexibility index (Phi) is 2.23. The molecule has 0 aliphatic heterocycles. The van der Waals surface area contributed by atoms with Crippen LogP contribution in [0.5, 0.6) is 5.75 Å². The molecule has 0 unspecified atom stereocenters. The van der Waals surface area contributed by atoms with Crippen molar-refractivity contribution < 1.29 is 4.74 Å². The second kappa shape index (κ2) is 3.28. The zero-order valence-corrected chi connectivity index (χ0v) is 9.44. The van der Waals surface area contributed by atoms with Gasteiger partial charge in [-0.25, -0.2) is 0 Å². The van der Waals surface area contributed by atoms with Crippen molar-refractivity contribution >= 4 is 21.4 Å².